The van der Waals surface area contributed by atoms with Gasteiger partial charge in [-0.05, 0) is 80.0 Å². The first kappa shape index (κ1) is 46.1. The van der Waals surface area contributed by atoms with Gasteiger partial charge in [0.05, 0.1) is 10.9 Å². The van der Waals surface area contributed by atoms with Gasteiger partial charge in [0.15, 0.2) is 34.9 Å². The molecule has 61 heavy (non-hydrogen) atoms. The average Bonchev–Trinajstić information content (AvgIpc) is 3.63. The average molecular weight is 856 g/mol. The smallest absolute Gasteiger partial charge is 0.416 e. The molecule has 3 heterocycles. The molecule has 0 aliphatic carbocycles. The molecule has 0 bridgehead atoms. The van der Waals surface area contributed by atoms with Gasteiger partial charge in [0.25, 0.3) is 0 Å². The van der Waals surface area contributed by atoms with Gasteiger partial charge < -0.3 is 34.8 Å². The van der Waals surface area contributed by atoms with Gasteiger partial charge in [0, 0.05) is 56.7 Å². The Balaban J connectivity index is 0.000000626. The predicted molar refractivity (Wildman–Crippen MR) is 213 cm³/mol. The Kier molecular flexibility index (Phi) is 14.8. The summed E-state index contributed by atoms with van der Waals surface area (Å²) >= 11 is 0. The number of alkyl halides is 3. The summed E-state index contributed by atoms with van der Waals surface area (Å²) in [4.78, 5) is 51.4. The normalized spacial score (nSPS) is 14.7. The number of likely N-dealkylation sites (tertiary alicyclic amines) is 1. The summed E-state index contributed by atoms with van der Waals surface area (Å²) in [6, 6.07) is 18.2. The Labute approximate surface area is 346 Å². The molecule has 13 nitrogen and oxygen atoms in total. The molecule has 1 amide bonds. The van der Waals surface area contributed by atoms with E-state index in [-0.39, 0.29) is 42.3 Å². The van der Waals surface area contributed by atoms with Crippen LogP contribution in [0.15, 0.2) is 83.8 Å². The van der Waals surface area contributed by atoms with Gasteiger partial charge in [-0.25, -0.2) is 18.4 Å². The number of carbonyl (C=O) groups is 3. The summed E-state index contributed by atoms with van der Waals surface area (Å²) in [6.07, 6.45) is -5.53. The third-order valence-electron chi connectivity index (χ3n) is 10.6. The van der Waals surface area contributed by atoms with Crippen molar-refractivity contribution >= 4 is 28.9 Å². The van der Waals surface area contributed by atoms with Gasteiger partial charge >= 0.3 is 18.1 Å². The van der Waals surface area contributed by atoms with E-state index in [9.17, 15) is 41.1 Å². The molecular formula is C43H46F5N5O8. The van der Waals surface area contributed by atoms with Crippen LogP contribution >= 0.6 is 0 Å². The number of aliphatic hydroxyl groups is 2. The first-order chi connectivity index (χ1) is 28.7. The molecule has 2 unspecified atom stereocenters. The lowest BCUT2D eigenvalue weighted by Crippen LogP contribution is -2.49. The van der Waals surface area contributed by atoms with E-state index in [1.165, 1.54) is 35.0 Å². The molecule has 0 spiro atoms. The van der Waals surface area contributed by atoms with Gasteiger partial charge in [-0.3, -0.25) is 14.3 Å². The summed E-state index contributed by atoms with van der Waals surface area (Å²) in [7, 11) is 1.69. The Bertz CT molecular complexity index is 2370. The van der Waals surface area contributed by atoms with Crippen LogP contribution in [0.4, 0.5) is 22.0 Å². The Morgan fingerprint density at radius 2 is 1.44 bits per heavy atom. The summed E-state index contributed by atoms with van der Waals surface area (Å²) in [5, 5.41) is 37.4. The Hall–Kier alpha value is -5.98. The molecule has 0 saturated carbocycles. The zero-order valence-corrected chi connectivity index (χ0v) is 33.5. The lowest BCUT2D eigenvalue weighted by Gasteiger charge is -2.40. The molecular weight excluding hydrogens is 809 g/mol. The number of aromatic nitrogens is 3. The van der Waals surface area contributed by atoms with Crippen LogP contribution in [0, 0.1) is 11.6 Å². The summed E-state index contributed by atoms with van der Waals surface area (Å²) in [5.41, 5.74) is 2.25. The number of nitrogens with zero attached hydrogens (tertiary/aromatic N) is 5. The number of carboxylic acids is 2. The van der Waals surface area contributed by atoms with Crippen LogP contribution < -0.4 is 5.43 Å². The van der Waals surface area contributed by atoms with Crippen molar-refractivity contribution in [3.05, 3.63) is 123 Å². The van der Waals surface area contributed by atoms with Crippen molar-refractivity contribution in [2.45, 2.75) is 83.1 Å². The second-order valence-corrected chi connectivity index (χ2v) is 15.1. The lowest BCUT2D eigenvalue weighted by atomic mass is 9.99. The van der Waals surface area contributed by atoms with Crippen LogP contribution in [-0.2, 0) is 53.5 Å². The van der Waals surface area contributed by atoms with Gasteiger partial charge in [-0.1, -0.05) is 48.5 Å². The first-order valence-electron chi connectivity index (χ1n) is 19.4. The molecule has 5 aromatic rings. The molecule has 1 saturated heterocycles. The van der Waals surface area contributed by atoms with Gasteiger partial charge in [0.1, 0.15) is 6.54 Å². The highest BCUT2D eigenvalue weighted by molar-refractivity contribution is 5.83. The number of aryl methyl sites for hydroxylation is 3. The van der Waals surface area contributed by atoms with Crippen LogP contribution in [0.25, 0.3) is 22.2 Å². The number of rotatable bonds is 13. The maximum atomic E-state index is 14.6. The van der Waals surface area contributed by atoms with Crippen molar-refractivity contribution in [1.82, 2.24) is 24.1 Å². The molecule has 326 valence electrons. The Morgan fingerprint density at radius 1 is 0.869 bits per heavy atom. The Morgan fingerprint density at radius 3 is 1.98 bits per heavy atom. The monoisotopic (exact) mass is 855 g/mol. The van der Waals surface area contributed by atoms with E-state index in [2.05, 4.69) is 23.8 Å². The summed E-state index contributed by atoms with van der Waals surface area (Å²) in [6.45, 7) is 6.12. The molecule has 3 aromatic carbocycles. The van der Waals surface area contributed by atoms with E-state index in [1.807, 2.05) is 29.2 Å². The van der Waals surface area contributed by atoms with E-state index in [4.69, 9.17) is 20.4 Å². The number of hydrogen-bond donors (Lipinski definition) is 4. The van der Waals surface area contributed by atoms with E-state index < -0.39 is 47.5 Å². The fourth-order valence-electron chi connectivity index (χ4n) is 7.16. The minimum Gasteiger partial charge on any atom is -0.479 e. The standard InChI is InChI=1S/C39H40F5N5O2.C4H6O6/c1-25(2)47-19-17-31(18-20-47)48(22-26-7-9-27(10-8-26)28-11-14-30(15-12-28)39(42,43)44)36(51)24-49-32(16-13-29-5-4-6-34(40)37(29)41)21-35(50)33-23-46(3)45-38(33)49;5-1(3(7)8)2(6)4(9)10/h4-12,14-15,21,23,25,31H,13,16-20,22,24H2,1-3H3;1-2,5-6H,(H,7,8)(H,9,10). The fraction of sp³-hybridized carbons (Fsp3) is 0.372. The van der Waals surface area contributed by atoms with E-state index in [0.717, 1.165) is 55.3 Å². The minimum atomic E-state index is -4.42. The molecule has 1 fully saturated rings. The van der Waals surface area contributed by atoms with Crippen LogP contribution in [0.5, 0.6) is 0 Å². The lowest BCUT2D eigenvalue weighted by molar-refractivity contribution is -0.165. The van der Waals surface area contributed by atoms with Crippen LogP contribution in [0.2, 0.25) is 0 Å². The number of benzene rings is 3. The van der Waals surface area contributed by atoms with Crippen LogP contribution in [-0.4, -0.2) is 99.8 Å². The number of carboxylic acid groups (broad SMARTS) is 2. The quantitative estimate of drug-likeness (QED) is 0.114. The SMILES string of the molecule is CC(C)N1CCC(N(Cc2ccc(-c3ccc(C(F)(F)F)cc3)cc2)C(=O)Cn2c(CCc3cccc(F)c3F)cc(=O)c3cn(C)nc32)CC1.O=C(O)C(O)C(O)C(=O)O. The molecule has 0 radical (unpaired) electrons. The highest BCUT2D eigenvalue weighted by Gasteiger charge is 2.32. The third kappa shape index (κ3) is 11.4. The van der Waals surface area contributed by atoms with Crippen molar-refractivity contribution in [3.63, 3.8) is 0 Å². The second kappa shape index (κ2) is 19.6. The van der Waals surface area contributed by atoms with Crippen LogP contribution in [0.1, 0.15) is 49.1 Å². The molecule has 2 atom stereocenters. The number of aliphatic carboxylic acids is 2. The van der Waals surface area contributed by atoms with E-state index in [0.29, 0.717) is 34.9 Å². The van der Waals surface area contributed by atoms with Crippen molar-refractivity contribution in [2.24, 2.45) is 7.05 Å². The molecule has 18 heteroatoms. The molecule has 6 rings (SSSR count). The third-order valence-corrected chi connectivity index (χ3v) is 10.6. The van der Waals surface area contributed by atoms with E-state index in [1.54, 1.807) is 17.8 Å². The van der Waals surface area contributed by atoms with Crippen molar-refractivity contribution in [1.29, 1.82) is 0 Å². The molecule has 2 aromatic heterocycles. The number of amides is 1. The maximum absolute atomic E-state index is 14.6. The zero-order chi connectivity index (χ0) is 44.8. The van der Waals surface area contributed by atoms with Gasteiger partial charge in [0.2, 0.25) is 5.91 Å². The molecule has 1 aliphatic heterocycles. The largest absolute Gasteiger partial charge is 0.479 e. The van der Waals surface area contributed by atoms with Crippen molar-refractivity contribution in [2.75, 3.05) is 13.1 Å². The number of halogens is 5. The first-order valence-corrected chi connectivity index (χ1v) is 19.4. The van der Waals surface area contributed by atoms with Gasteiger partial charge in [-0.2, -0.15) is 18.3 Å². The number of hydrogen-bond acceptors (Lipinski definition) is 8. The molecule has 4 N–H and O–H groups in total. The second-order valence-electron chi connectivity index (χ2n) is 15.1. The minimum absolute atomic E-state index is 0.0643. The van der Waals surface area contributed by atoms with Crippen molar-refractivity contribution in [3.8, 4) is 11.1 Å². The number of piperidine rings is 1. The molecule has 1 aliphatic rings. The summed E-state index contributed by atoms with van der Waals surface area (Å²) < 4.78 is 71.0. The topological polar surface area (TPSA) is 178 Å². The fourth-order valence-corrected chi connectivity index (χ4v) is 7.16. The van der Waals surface area contributed by atoms with Crippen LogP contribution in [0.3, 0.4) is 0 Å². The number of pyridine rings is 1. The highest BCUT2D eigenvalue weighted by atomic mass is 19.4. The number of fused-ring (bicyclic) bond motifs is 1. The predicted octanol–water partition coefficient (Wildman–Crippen LogP) is 5.26. The highest BCUT2D eigenvalue weighted by Crippen LogP contribution is 2.31. The van der Waals surface area contributed by atoms with Gasteiger partial charge in [-0.15, -0.1) is 0 Å². The van der Waals surface area contributed by atoms with E-state index >= 15 is 0 Å². The maximum Gasteiger partial charge on any atom is 0.416 e. The number of carbonyl (C=O) groups excluding carboxylic acids is 1. The summed E-state index contributed by atoms with van der Waals surface area (Å²) in [5.74, 6) is -5.61. The van der Waals surface area contributed by atoms with Crippen molar-refractivity contribution < 1.29 is 56.8 Å². The number of aliphatic hydroxyl groups excluding tert-OH is 2. The zero-order valence-electron chi connectivity index (χ0n) is 33.5.